The topological polar surface area (TPSA) is 42.9 Å². The molecule has 0 saturated heterocycles. The van der Waals surface area contributed by atoms with Crippen molar-refractivity contribution < 1.29 is 9.57 Å². The van der Waals surface area contributed by atoms with Crippen LogP contribution in [-0.2, 0) is 11.4 Å². The van der Waals surface area contributed by atoms with Gasteiger partial charge in [-0.25, -0.2) is 0 Å². The van der Waals surface area contributed by atoms with Gasteiger partial charge in [-0.3, -0.25) is 0 Å². The van der Waals surface area contributed by atoms with Crippen molar-refractivity contribution in [3.05, 3.63) is 64.7 Å². The summed E-state index contributed by atoms with van der Waals surface area (Å²) in [5.74, 6) is 0.822. The number of halogens is 1. The van der Waals surface area contributed by atoms with Crippen LogP contribution in [0.3, 0.4) is 0 Å². The van der Waals surface area contributed by atoms with Crippen molar-refractivity contribution >= 4 is 17.3 Å². The van der Waals surface area contributed by atoms with E-state index < -0.39 is 0 Å². The number of benzene rings is 2. The molecule has 0 aromatic heterocycles. The normalized spacial score (nSPS) is 16.8. The van der Waals surface area contributed by atoms with Gasteiger partial charge in [0, 0.05) is 30.1 Å². The summed E-state index contributed by atoms with van der Waals surface area (Å²) in [6, 6.07) is 15.7. The monoisotopic (exact) mass is 330 g/mol. The van der Waals surface area contributed by atoms with Crippen LogP contribution in [0.25, 0.3) is 0 Å². The molecule has 0 fully saturated rings. The largest absolute Gasteiger partial charge is 0.496 e. The fourth-order valence-corrected chi connectivity index (χ4v) is 2.82. The molecule has 1 aliphatic heterocycles. The Hall–Kier alpha value is -2.04. The van der Waals surface area contributed by atoms with Crippen LogP contribution in [0.5, 0.6) is 5.75 Å². The van der Waals surface area contributed by atoms with Gasteiger partial charge in [-0.1, -0.05) is 41.0 Å². The minimum absolute atomic E-state index is 0.0362. The maximum atomic E-state index is 5.98. The SMILES string of the molecule is COc1ccccc1C1=NOC(CNCc2cccc(Cl)c2)C1. The predicted molar refractivity (Wildman–Crippen MR) is 92.2 cm³/mol. The number of para-hydroxylation sites is 1. The molecule has 1 atom stereocenters. The Labute approximate surface area is 141 Å². The summed E-state index contributed by atoms with van der Waals surface area (Å²) >= 11 is 5.98. The number of oxime groups is 1. The van der Waals surface area contributed by atoms with Crippen LogP contribution in [0, 0.1) is 0 Å². The van der Waals surface area contributed by atoms with Crippen LogP contribution in [0.2, 0.25) is 5.02 Å². The van der Waals surface area contributed by atoms with Gasteiger partial charge < -0.3 is 14.9 Å². The first kappa shape index (κ1) is 15.8. The van der Waals surface area contributed by atoms with Gasteiger partial charge in [-0.15, -0.1) is 0 Å². The van der Waals surface area contributed by atoms with Crippen molar-refractivity contribution in [2.75, 3.05) is 13.7 Å². The molecule has 0 spiro atoms. The van der Waals surface area contributed by atoms with E-state index in [0.717, 1.165) is 47.1 Å². The van der Waals surface area contributed by atoms with Crippen molar-refractivity contribution in [1.29, 1.82) is 0 Å². The van der Waals surface area contributed by atoms with Crippen molar-refractivity contribution in [1.82, 2.24) is 5.32 Å². The van der Waals surface area contributed by atoms with Gasteiger partial charge in [0.1, 0.15) is 11.9 Å². The molecule has 5 heteroatoms. The van der Waals surface area contributed by atoms with Gasteiger partial charge in [0.15, 0.2) is 0 Å². The molecule has 23 heavy (non-hydrogen) atoms. The molecule has 0 radical (unpaired) electrons. The first-order valence-electron chi connectivity index (χ1n) is 7.57. The zero-order valence-electron chi connectivity index (χ0n) is 13.0. The van der Waals surface area contributed by atoms with Crippen LogP contribution in [0.1, 0.15) is 17.5 Å². The molecule has 0 bridgehead atoms. The lowest BCUT2D eigenvalue weighted by molar-refractivity contribution is 0.0848. The number of nitrogens with zero attached hydrogens (tertiary/aromatic N) is 1. The van der Waals surface area contributed by atoms with Gasteiger partial charge in [-0.2, -0.15) is 0 Å². The molecule has 1 N–H and O–H groups in total. The van der Waals surface area contributed by atoms with Gasteiger partial charge in [-0.05, 0) is 29.8 Å². The third-order valence-electron chi connectivity index (χ3n) is 3.74. The van der Waals surface area contributed by atoms with Gasteiger partial charge >= 0.3 is 0 Å². The second kappa shape index (κ2) is 7.49. The molecule has 0 amide bonds. The Kier molecular flexibility index (Phi) is 5.16. The van der Waals surface area contributed by atoms with Crippen LogP contribution in [-0.4, -0.2) is 25.5 Å². The highest BCUT2D eigenvalue weighted by atomic mass is 35.5. The van der Waals surface area contributed by atoms with E-state index in [1.165, 1.54) is 0 Å². The van der Waals surface area contributed by atoms with Crippen molar-refractivity contribution in [3.8, 4) is 5.75 Å². The Morgan fingerprint density at radius 3 is 2.96 bits per heavy atom. The number of ether oxygens (including phenoxy) is 1. The van der Waals surface area contributed by atoms with Gasteiger partial charge in [0.25, 0.3) is 0 Å². The lowest BCUT2D eigenvalue weighted by atomic mass is 10.0. The fraction of sp³-hybridized carbons (Fsp3) is 0.278. The van der Waals surface area contributed by atoms with Crippen molar-refractivity contribution in [2.45, 2.75) is 19.1 Å². The lowest BCUT2D eigenvalue weighted by Crippen LogP contribution is -2.26. The fourth-order valence-electron chi connectivity index (χ4n) is 2.60. The number of hydrogen-bond acceptors (Lipinski definition) is 4. The highest BCUT2D eigenvalue weighted by Crippen LogP contribution is 2.24. The quantitative estimate of drug-likeness (QED) is 0.879. The zero-order chi connectivity index (χ0) is 16.1. The minimum atomic E-state index is 0.0362. The standard InChI is InChI=1S/C18H19ClN2O2/c1-22-18-8-3-2-7-16(18)17-10-15(23-21-17)12-20-11-13-5-4-6-14(19)9-13/h2-9,15,20H,10-12H2,1H3. The van der Waals surface area contributed by atoms with Gasteiger partial charge in [0.05, 0.1) is 12.8 Å². The number of nitrogens with one attached hydrogen (secondary N) is 1. The Morgan fingerprint density at radius 2 is 2.13 bits per heavy atom. The van der Waals surface area contributed by atoms with Crippen LogP contribution in [0.15, 0.2) is 53.7 Å². The van der Waals surface area contributed by atoms with E-state index in [1.54, 1.807) is 7.11 Å². The minimum Gasteiger partial charge on any atom is -0.496 e. The summed E-state index contributed by atoms with van der Waals surface area (Å²) in [7, 11) is 1.67. The average molecular weight is 331 g/mol. The molecule has 0 saturated carbocycles. The first-order chi connectivity index (χ1) is 11.3. The van der Waals surface area contributed by atoms with Crippen LogP contribution >= 0.6 is 11.6 Å². The second-order valence-electron chi connectivity index (χ2n) is 5.43. The summed E-state index contributed by atoms with van der Waals surface area (Å²) in [5, 5.41) is 8.35. The summed E-state index contributed by atoms with van der Waals surface area (Å²) in [4.78, 5) is 5.52. The maximum Gasteiger partial charge on any atom is 0.145 e. The molecule has 1 unspecified atom stereocenters. The van der Waals surface area contributed by atoms with E-state index in [0.29, 0.717) is 0 Å². The van der Waals surface area contributed by atoms with Crippen molar-refractivity contribution in [3.63, 3.8) is 0 Å². The molecular formula is C18H19ClN2O2. The first-order valence-corrected chi connectivity index (χ1v) is 7.95. The summed E-state index contributed by atoms with van der Waals surface area (Å²) in [6.45, 7) is 1.49. The summed E-state index contributed by atoms with van der Waals surface area (Å²) in [6.07, 6.45) is 0.803. The van der Waals surface area contributed by atoms with E-state index in [4.69, 9.17) is 21.2 Å². The van der Waals surface area contributed by atoms with E-state index in [9.17, 15) is 0 Å². The summed E-state index contributed by atoms with van der Waals surface area (Å²) in [5.41, 5.74) is 3.07. The molecule has 120 valence electrons. The number of methoxy groups -OCH3 is 1. The smallest absolute Gasteiger partial charge is 0.145 e. The average Bonchev–Trinajstić information content (AvgIpc) is 3.03. The predicted octanol–water partition coefficient (Wildman–Crippen LogP) is 3.63. The van der Waals surface area contributed by atoms with Crippen LogP contribution in [0.4, 0.5) is 0 Å². The summed E-state index contributed by atoms with van der Waals surface area (Å²) < 4.78 is 5.38. The highest BCUT2D eigenvalue weighted by Gasteiger charge is 2.23. The van der Waals surface area contributed by atoms with E-state index in [1.807, 2.05) is 48.5 Å². The van der Waals surface area contributed by atoms with Gasteiger partial charge in [0.2, 0.25) is 0 Å². The Balaban J connectivity index is 1.51. The third-order valence-corrected chi connectivity index (χ3v) is 3.98. The number of hydrogen-bond donors (Lipinski definition) is 1. The zero-order valence-corrected chi connectivity index (χ0v) is 13.7. The third kappa shape index (κ3) is 4.03. The molecular weight excluding hydrogens is 312 g/mol. The van der Waals surface area contributed by atoms with E-state index >= 15 is 0 Å². The molecule has 2 aromatic carbocycles. The lowest BCUT2D eigenvalue weighted by Gasteiger charge is -2.10. The van der Waals surface area contributed by atoms with E-state index in [-0.39, 0.29) is 6.10 Å². The molecule has 3 rings (SSSR count). The second-order valence-corrected chi connectivity index (χ2v) is 5.87. The number of rotatable bonds is 6. The van der Waals surface area contributed by atoms with Crippen LogP contribution < -0.4 is 10.1 Å². The molecule has 1 aliphatic rings. The molecule has 0 aliphatic carbocycles. The van der Waals surface area contributed by atoms with Crippen molar-refractivity contribution in [2.24, 2.45) is 5.16 Å². The molecule has 2 aromatic rings. The molecule has 1 heterocycles. The Bertz CT molecular complexity index is 703. The van der Waals surface area contributed by atoms with E-state index in [2.05, 4.69) is 10.5 Å². The highest BCUT2D eigenvalue weighted by molar-refractivity contribution is 6.30. The molecule has 4 nitrogen and oxygen atoms in total. The Morgan fingerprint density at radius 1 is 1.26 bits per heavy atom. The maximum absolute atomic E-state index is 5.98.